The molecule has 78 valence electrons. The highest BCUT2D eigenvalue weighted by atomic mass is 15.0. The predicted octanol–water partition coefficient (Wildman–Crippen LogP) is 3.78. The maximum absolute atomic E-state index is 2.50. The minimum absolute atomic E-state index is 0.760. The lowest BCUT2D eigenvalue weighted by Gasteiger charge is -2.12. The van der Waals surface area contributed by atoms with Crippen LogP contribution in [0.5, 0.6) is 0 Å². The summed E-state index contributed by atoms with van der Waals surface area (Å²) in [6.07, 6.45) is 1.32. The van der Waals surface area contributed by atoms with Crippen molar-refractivity contribution in [3.8, 4) is 0 Å². The molecule has 1 aliphatic rings. The normalized spacial score (nSPS) is 20.1. The van der Waals surface area contributed by atoms with Crippen LogP contribution in [0.3, 0.4) is 0 Å². The van der Waals surface area contributed by atoms with Crippen molar-refractivity contribution < 1.29 is 0 Å². The number of aryl methyl sites for hydroxylation is 1. The van der Waals surface area contributed by atoms with Crippen LogP contribution in [0.4, 0.5) is 0 Å². The maximum Gasteiger partial charge on any atom is 0.0482 e. The van der Waals surface area contributed by atoms with Crippen LogP contribution in [-0.2, 0) is 6.54 Å². The Bertz CT molecular complexity index is 493. The molecule has 0 saturated heterocycles. The van der Waals surface area contributed by atoms with Gasteiger partial charge in [-0.25, -0.2) is 0 Å². The Hall–Kier alpha value is -1.24. The summed E-state index contributed by atoms with van der Waals surface area (Å²) >= 11 is 0. The van der Waals surface area contributed by atoms with Crippen LogP contribution in [0.1, 0.15) is 31.9 Å². The number of fused-ring (bicyclic) bond motifs is 3. The monoisotopic (exact) mass is 199 g/mol. The summed E-state index contributed by atoms with van der Waals surface area (Å²) in [5, 5.41) is 1.40. The Morgan fingerprint density at radius 1 is 1.27 bits per heavy atom. The van der Waals surface area contributed by atoms with Gasteiger partial charge in [0.25, 0.3) is 0 Å². The first-order valence-corrected chi connectivity index (χ1v) is 5.85. The van der Waals surface area contributed by atoms with Crippen LogP contribution >= 0.6 is 0 Å². The molecule has 2 heterocycles. The van der Waals surface area contributed by atoms with E-state index in [4.69, 9.17) is 0 Å². The van der Waals surface area contributed by atoms with Gasteiger partial charge in [-0.3, -0.25) is 0 Å². The van der Waals surface area contributed by atoms with Crippen molar-refractivity contribution in [3.63, 3.8) is 0 Å². The minimum atomic E-state index is 0.760. The molecule has 1 unspecified atom stereocenters. The lowest BCUT2D eigenvalue weighted by Crippen LogP contribution is -2.01. The lowest BCUT2D eigenvalue weighted by atomic mass is 9.92. The number of aromatic nitrogens is 1. The third kappa shape index (κ3) is 1.22. The zero-order valence-electron chi connectivity index (χ0n) is 9.40. The van der Waals surface area contributed by atoms with E-state index in [0.29, 0.717) is 0 Å². The summed E-state index contributed by atoms with van der Waals surface area (Å²) in [6.45, 7) is 5.86. The second-order valence-corrected chi connectivity index (χ2v) is 4.92. The SMILES string of the molecule is CC(C)C1CCn2c1cc1ccccc12. The Kier molecular flexibility index (Phi) is 1.88. The van der Waals surface area contributed by atoms with E-state index in [2.05, 4.69) is 48.7 Å². The van der Waals surface area contributed by atoms with Gasteiger partial charge in [-0.05, 0) is 29.9 Å². The number of nitrogens with zero attached hydrogens (tertiary/aromatic N) is 1. The molecule has 0 saturated carbocycles. The average Bonchev–Trinajstić information content (AvgIpc) is 2.74. The molecule has 0 radical (unpaired) electrons. The fourth-order valence-electron chi connectivity index (χ4n) is 2.88. The maximum atomic E-state index is 2.50. The summed E-state index contributed by atoms with van der Waals surface area (Å²) in [7, 11) is 0. The molecule has 0 spiro atoms. The molecular formula is C14H17N. The van der Waals surface area contributed by atoms with Crippen molar-refractivity contribution in [1.29, 1.82) is 0 Å². The highest BCUT2D eigenvalue weighted by Crippen LogP contribution is 2.38. The standard InChI is InChI=1S/C14H17N/c1-10(2)12-7-8-15-13-6-4-3-5-11(13)9-14(12)15/h3-6,9-10,12H,7-8H2,1-2H3. The van der Waals surface area contributed by atoms with Crippen LogP contribution < -0.4 is 0 Å². The summed E-state index contributed by atoms with van der Waals surface area (Å²) in [5.74, 6) is 1.52. The molecular weight excluding hydrogens is 182 g/mol. The molecule has 1 atom stereocenters. The second kappa shape index (κ2) is 3.13. The van der Waals surface area contributed by atoms with Gasteiger partial charge < -0.3 is 4.57 Å². The van der Waals surface area contributed by atoms with Gasteiger partial charge in [0.2, 0.25) is 0 Å². The van der Waals surface area contributed by atoms with E-state index in [9.17, 15) is 0 Å². The van der Waals surface area contributed by atoms with E-state index >= 15 is 0 Å². The van der Waals surface area contributed by atoms with Crippen molar-refractivity contribution in [3.05, 3.63) is 36.0 Å². The van der Waals surface area contributed by atoms with Crippen molar-refractivity contribution in [2.45, 2.75) is 32.7 Å². The van der Waals surface area contributed by atoms with Crippen LogP contribution in [0, 0.1) is 5.92 Å². The average molecular weight is 199 g/mol. The van der Waals surface area contributed by atoms with E-state index < -0.39 is 0 Å². The van der Waals surface area contributed by atoms with Gasteiger partial charge >= 0.3 is 0 Å². The summed E-state index contributed by atoms with van der Waals surface area (Å²) in [4.78, 5) is 0. The molecule has 15 heavy (non-hydrogen) atoms. The molecule has 0 bridgehead atoms. The molecule has 1 aromatic heterocycles. The third-order valence-corrected chi connectivity index (χ3v) is 3.69. The van der Waals surface area contributed by atoms with Crippen molar-refractivity contribution >= 4 is 10.9 Å². The van der Waals surface area contributed by atoms with Gasteiger partial charge in [-0.1, -0.05) is 32.0 Å². The van der Waals surface area contributed by atoms with E-state index in [1.165, 1.54) is 23.9 Å². The Morgan fingerprint density at radius 3 is 2.87 bits per heavy atom. The summed E-state index contributed by atoms with van der Waals surface area (Å²) < 4.78 is 2.50. The highest BCUT2D eigenvalue weighted by Gasteiger charge is 2.26. The van der Waals surface area contributed by atoms with E-state index in [-0.39, 0.29) is 0 Å². The van der Waals surface area contributed by atoms with Crippen molar-refractivity contribution in [2.24, 2.45) is 5.92 Å². The van der Waals surface area contributed by atoms with Crippen molar-refractivity contribution in [1.82, 2.24) is 4.57 Å². The van der Waals surface area contributed by atoms with Gasteiger partial charge in [-0.2, -0.15) is 0 Å². The molecule has 0 N–H and O–H groups in total. The number of hydrogen-bond donors (Lipinski definition) is 0. The smallest absolute Gasteiger partial charge is 0.0482 e. The molecule has 0 fully saturated rings. The zero-order valence-corrected chi connectivity index (χ0v) is 9.40. The largest absolute Gasteiger partial charge is 0.344 e. The Labute approximate surface area is 90.7 Å². The van der Waals surface area contributed by atoms with Crippen molar-refractivity contribution in [2.75, 3.05) is 0 Å². The molecule has 1 aromatic carbocycles. The van der Waals surface area contributed by atoms with Crippen LogP contribution in [0.2, 0.25) is 0 Å². The fourth-order valence-corrected chi connectivity index (χ4v) is 2.88. The van der Waals surface area contributed by atoms with Crippen LogP contribution in [-0.4, -0.2) is 4.57 Å². The number of rotatable bonds is 1. The van der Waals surface area contributed by atoms with Gasteiger partial charge in [0.1, 0.15) is 0 Å². The Balaban J connectivity index is 2.21. The van der Waals surface area contributed by atoms with Gasteiger partial charge in [0, 0.05) is 23.7 Å². The molecule has 3 rings (SSSR count). The number of para-hydroxylation sites is 1. The van der Waals surface area contributed by atoms with Crippen LogP contribution in [0.25, 0.3) is 10.9 Å². The van der Waals surface area contributed by atoms with Gasteiger partial charge in [0.05, 0.1) is 0 Å². The molecule has 1 heteroatoms. The first-order chi connectivity index (χ1) is 7.27. The first-order valence-electron chi connectivity index (χ1n) is 5.85. The minimum Gasteiger partial charge on any atom is -0.344 e. The first kappa shape index (κ1) is 9.02. The second-order valence-electron chi connectivity index (χ2n) is 4.92. The molecule has 1 aliphatic heterocycles. The van der Waals surface area contributed by atoms with Gasteiger partial charge in [0.15, 0.2) is 0 Å². The quantitative estimate of drug-likeness (QED) is 0.658. The van der Waals surface area contributed by atoms with Crippen LogP contribution in [0.15, 0.2) is 30.3 Å². The number of hydrogen-bond acceptors (Lipinski definition) is 0. The topological polar surface area (TPSA) is 4.93 Å². The molecule has 2 aromatic rings. The molecule has 0 aliphatic carbocycles. The zero-order chi connectivity index (χ0) is 10.4. The predicted molar refractivity (Wildman–Crippen MR) is 64.1 cm³/mol. The molecule has 1 nitrogen and oxygen atoms in total. The third-order valence-electron chi connectivity index (χ3n) is 3.69. The Morgan fingerprint density at radius 2 is 2.07 bits per heavy atom. The van der Waals surface area contributed by atoms with Gasteiger partial charge in [-0.15, -0.1) is 0 Å². The summed E-state index contributed by atoms with van der Waals surface area (Å²) in [5.41, 5.74) is 2.96. The number of benzene rings is 1. The van der Waals surface area contributed by atoms with E-state index in [0.717, 1.165) is 11.8 Å². The highest BCUT2D eigenvalue weighted by molar-refractivity contribution is 5.81. The lowest BCUT2D eigenvalue weighted by molar-refractivity contribution is 0.495. The fraction of sp³-hybridized carbons (Fsp3) is 0.429. The molecule has 0 amide bonds. The summed E-state index contributed by atoms with van der Waals surface area (Å²) in [6, 6.07) is 11.1. The van der Waals surface area contributed by atoms with E-state index in [1.807, 2.05) is 0 Å². The van der Waals surface area contributed by atoms with E-state index in [1.54, 1.807) is 5.69 Å².